The van der Waals surface area contributed by atoms with E-state index in [2.05, 4.69) is 57.2 Å². The fraction of sp³-hybridized carbons (Fsp3) is 0.324. The first-order chi connectivity index (χ1) is 21.8. The zero-order valence-corrected chi connectivity index (χ0v) is 26.1. The highest BCUT2D eigenvalue weighted by Crippen LogP contribution is 2.48. The second-order valence-corrected chi connectivity index (χ2v) is 11.7. The van der Waals surface area contributed by atoms with Crippen LogP contribution in [-0.2, 0) is 29.3 Å². The number of carbonyl (C=O) groups excluding carboxylic acids is 1. The summed E-state index contributed by atoms with van der Waals surface area (Å²) in [5.41, 5.74) is 2.70. The van der Waals surface area contributed by atoms with Crippen LogP contribution in [-0.4, -0.2) is 58.7 Å². The number of thiocarbonyl (C=S) groups is 1. The molecule has 3 heterocycles. The van der Waals surface area contributed by atoms with E-state index in [0.717, 1.165) is 16.7 Å². The van der Waals surface area contributed by atoms with E-state index in [1.807, 2.05) is 68.4 Å². The molecule has 2 aliphatic rings. The normalized spacial score (nSPS) is 22.0. The molecule has 4 atom stereocenters. The summed E-state index contributed by atoms with van der Waals surface area (Å²) in [6.45, 7) is 5.90. The van der Waals surface area contributed by atoms with Gasteiger partial charge in [-0.3, -0.25) is 10.4 Å². The lowest BCUT2D eigenvalue weighted by Crippen LogP contribution is -2.39. The summed E-state index contributed by atoms with van der Waals surface area (Å²) in [5, 5.41) is 12.6. The van der Waals surface area contributed by atoms with Crippen LogP contribution in [0.15, 0.2) is 97.2 Å². The Morgan fingerprint density at radius 1 is 0.933 bits per heavy atom. The number of anilines is 1. The molecule has 3 aromatic carbocycles. The number of benzene rings is 3. The Balaban J connectivity index is 1.31. The number of alkyl carbamates (subject to hydrolysis) is 1. The van der Waals surface area contributed by atoms with Gasteiger partial charge in [0.05, 0.1) is 19.4 Å². The van der Waals surface area contributed by atoms with Gasteiger partial charge in [0.25, 0.3) is 0 Å². The van der Waals surface area contributed by atoms with Gasteiger partial charge in [0, 0.05) is 5.56 Å². The molecule has 0 bridgehead atoms. The highest BCUT2D eigenvalue weighted by Gasteiger charge is 2.57. The van der Waals surface area contributed by atoms with Crippen molar-refractivity contribution in [2.45, 2.75) is 56.6 Å². The van der Waals surface area contributed by atoms with Crippen LogP contribution >= 0.6 is 12.2 Å². The fourth-order valence-electron chi connectivity index (χ4n) is 6.06. The van der Waals surface area contributed by atoms with Gasteiger partial charge in [-0.2, -0.15) is 5.10 Å². The monoisotopic (exact) mass is 628 g/mol. The first-order valence-electron chi connectivity index (χ1n) is 14.9. The minimum Gasteiger partial charge on any atom is -0.450 e. The number of nitrogens with one attached hydrogen (secondary N) is 3. The number of fused-ring (bicyclic) bond motifs is 1. The Morgan fingerprint density at radius 3 is 2.04 bits per heavy atom. The average molecular weight is 629 g/mol. The molecule has 10 nitrogen and oxygen atoms in total. The number of hydrogen-bond acceptors (Lipinski definition) is 8. The average Bonchev–Trinajstić information content (AvgIpc) is 3.72. The van der Waals surface area contributed by atoms with Gasteiger partial charge in [0.15, 0.2) is 10.9 Å². The Labute approximate surface area is 267 Å². The molecule has 1 amide bonds. The van der Waals surface area contributed by atoms with Crippen LogP contribution < -0.4 is 10.6 Å². The number of ether oxygens (including phenoxy) is 5. The molecule has 234 valence electrons. The summed E-state index contributed by atoms with van der Waals surface area (Å²) in [7, 11) is 0. The molecule has 45 heavy (non-hydrogen) atoms. The van der Waals surface area contributed by atoms with Gasteiger partial charge in [-0.1, -0.05) is 91.0 Å². The molecule has 1 aromatic heterocycles. The van der Waals surface area contributed by atoms with E-state index in [0.29, 0.717) is 11.4 Å². The lowest BCUT2D eigenvalue weighted by molar-refractivity contribution is -0.196. The Kier molecular flexibility index (Phi) is 8.97. The van der Waals surface area contributed by atoms with Gasteiger partial charge in [0.1, 0.15) is 35.8 Å². The van der Waals surface area contributed by atoms with Crippen LogP contribution in [0, 0.1) is 0 Å². The Morgan fingerprint density at radius 2 is 1.49 bits per heavy atom. The van der Waals surface area contributed by atoms with Gasteiger partial charge in [0.2, 0.25) is 0 Å². The van der Waals surface area contributed by atoms with Gasteiger partial charge < -0.3 is 29.0 Å². The largest absolute Gasteiger partial charge is 0.450 e. The molecule has 11 heteroatoms. The molecule has 6 rings (SSSR count). The third-order valence-electron chi connectivity index (χ3n) is 7.86. The maximum atomic E-state index is 11.9. The maximum Gasteiger partial charge on any atom is 0.413 e. The van der Waals surface area contributed by atoms with E-state index in [1.54, 1.807) is 13.1 Å². The quantitative estimate of drug-likeness (QED) is 0.156. The van der Waals surface area contributed by atoms with E-state index in [9.17, 15) is 4.79 Å². The zero-order chi connectivity index (χ0) is 31.4. The number of hydrogen-bond donors (Lipinski definition) is 3. The summed E-state index contributed by atoms with van der Waals surface area (Å²) in [5.74, 6) is -0.383. The molecule has 0 aliphatic carbocycles. The Bertz CT molecular complexity index is 1500. The first-order valence-corrected chi connectivity index (χ1v) is 15.3. The topological polar surface area (TPSA) is 116 Å². The van der Waals surface area contributed by atoms with Crippen molar-refractivity contribution in [2.24, 2.45) is 0 Å². The van der Waals surface area contributed by atoms with Crippen molar-refractivity contribution in [3.05, 3.63) is 119 Å². The number of aromatic nitrogens is 2. The standard InChI is InChI=1S/C34H36N4O6S/c1-4-40-32(39)37-31(45)36-30-25(20-35-38-30)27-29-28(43-33(2,3)44-29)26(42-27)21-41-34(22-14-8-5-9-15-22,23-16-10-6-11-17-23)24-18-12-7-13-19-24/h5-20,26-29H,4,21H2,1-3H3,(H3,35,36,37,38,39,45)/t26-,27-,28-,29+/m1/s1. The Hall–Kier alpha value is -4.13. The number of rotatable bonds is 9. The van der Waals surface area contributed by atoms with E-state index in [1.165, 1.54) is 0 Å². The number of H-pyrrole nitrogens is 1. The zero-order valence-electron chi connectivity index (χ0n) is 25.3. The van der Waals surface area contributed by atoms with Crippen molar-refractivity contribution in [1.29, 1.82) is 0 Å². The second-order valence-electron chi connectivity index (χ2n) is 11.3. The molecular formula is C34H36N4O6S. The molecule has 4 aromatic rings. The van der Waals surface area contributed by atoms with Crippen molar-refractivity contribution in [1.82, 2.24) is 15.5 Å². The van der Waals surface area contributed by atoms with E-state index < -0.39 is 41.9 Å². The summed E-state index contributed by atoms with van der Waals surface area (Å²) in [6.07, 6.45) is -0.966. The highest BCUT2D eigenvalue weighted by atomic mass is 32.1. The van der Waals surface area contributed by atoms with Crippen LogP contribution in [0.5, 0.6) is 0 Å². The van der Waals surface area contributed by atoms with Crippen LogP contribution in [0.1, 0.15) is 49.1 Å². The molecule has 0 unspecified atom stereocenters. The fourth-order valence-corrected chi connectivity index (χ4v) is 6.24. The van der Waals surface area contributed by atoms with E-state index in [-0.39, 0.29) is 18.3 Å². The third-order valence-corrected chi connectivity index (χ3v) is 8.06. The maximum absolute atomic E-state index is 11.9. The SMILES string of the molecule is CCOC(=O)NC(=S)Nc1[nH]ncc1[C@H]1O[C@H](COC(c2ccccc2)(c2ccccc2)c2ccccc2)[C@H]2OC(C)(C)O[C@H]21. The van der Waals surface area contributed by atoms with Crippen molar-refractivity contribution in [3.63, 3.8) is 0 Å². The summed E-state index contributed by atoms with van der Waals surface area (Å²) in [4.78, 5) is 11.9. The van der Waals surface area contributed by atoms with Crippen LogP contribution in [0.2, 0.25) is 0 Å². The van der Waals surface area contributed by atoms with Gasteiger partial charge in [-0.15, -0.1) is 0 Å². The molecule has 2 saturated heterocycles. The van der Waals surface area contributed by atoms with Gasteiger partial charge >= 0.3 is 6.09 Å². The minimum atomic E-state index is -0.928. The summed E-state index contributed by atoms with van der Waals surface area (Å²) >= 11 is 5.31. The van der Waals surface area contributed by atoms with Crippen molar-refractivity contribution >= 4 is 29.2 Å². The second kappa shape index (κ2) is 13.1. The number of aromatic amines is 1. The molecule has 0 saturated carbocycles. The molecule has 0 radical (unpaired) electrons. The predicted octanol–water partition coefficient (Wildman–Crippen LogP) is 5.82. The van der Waals surface area contributed by atoms with E-state index in [4.69, 9.17) is 35.9 Å². The number of carbonyl (C=O) groups is 1. The van der Waals surface area contributed by atoms with Gasteiger partial charge in [-0.25, -0.2) is 4.79 Å². The smallest absolute Gasteiger partial charge is 0.413 e. The van der Waals surface area contributed by atoms with E-state index >= 15 is 0 Å². The van der Waals surface area contributed by atoms with Crippen LogP contribution in [0.25, 0.3) is 0 Å². The van der Waals surface area contributed by atoms with Crippen molar-refractivity contribution in [2.75, 3.05) is 18.5 Å². The highest BCUT2D eigenvalue weighted by molar-refractivity contribution is 7.80. The van der Waals surface area contributed by atoms with Gasteiger partial charge in [-0.05, 0) is 49.7 Å². The van der Waals surface area contributed by atoms with Crippen LogP contribution in [0.4, 0.5) is 10.6 Å². The number of amides is 1. The van der Waals surface area contributed by atoms with Crippen molar-refractivity contribution < 1.29 is 28.5 Å². The summed E-state index contributed by atoms with van der Waals surface area (Å²) in [6, 6.07) is 30.6. The lowest BCUT2D eigenvalue weighted by Gasteiger charge is -2.37. The van der Waals surface area contributed by atoms with Crippen molar-refractivity contribution in [3.8, 4) is 0 Å². The molecule has 2 fully saturated rings. The minimum absolute atomic E-state index is 0.0515. The van der Waals surface area contributed by atoms with Crippen LogP contribution in [0.3, 0.4) is 0 Å². The number of nitrogens with zero attached hydrogens (tertiary/aromatic N) is 1. The molecular weight excluding hydrogens is 592 g/mol. The lowest BCUT2D eigenvalue weighted by atomic mass is 9.80. The molecule has 0 spiro atoms. The molecule has 2 aliphatic heterocycles. The molecule has 3 N–H and O–H groups in total. The predicted molar refractivity (Wildman–Crippen MR) is 172 cm³/mol. The summed E-state index contributed by atoms with van der Waals surface area (Å²) < 4.78 is 31.5. The first kappa shape index (κ1) is 30.9. The third kappa shape index (κ3) is 6.35.